The van der Waals surface area contributed by atoms with Crippen molar-refractivity contribution >= 4 is 28.4 Å². The third-order valence-electron chi connectivity index (χ3n) is 6.26. The number of H-pyrrole nitrogens is 1. The molecule has 0 saturated carbocycles. The molecule has 3 aromatic carbocycles. The van der Waals surface area contributed by atoms with Crippen LogP contribution in [-0.2, 0) is 11.3 Å². The van der Waals surface area contributed by atoms with E-state index in [-0.39, 0.29) is 5.91 Å². The number of hydroxylamine groups is 1. The van der Waals surface area contributed by atoms with Crippen molar-refractivity contribution in [3.8, 4) is 11.1 Å². The van der Waals surface area contributed by atoms with Crippen LogP contribution in [0.25, 0.3) is 22.0 Å². The fourth-order valence-electron chi connectivity index (χ4n) is 4.32. The van der Waals surface area contributed by atoms with E-state index in [2.05, 4.69) is 45.5 Å². The van der Waals surface area contributed by atoms with Crippen molar-refractivity contribution < 1.29 is 19.5 Å². The number of aromatic nitrogens is 1. The van der Waals surface area contributed by atoms with Crippen LogP contribution in [0.4, 0.5) is 5.69 Å². The molecule has 1 aromatic heterocycles. The van der Waals surface area contributed by atoms with Gasteiger partial charge in [0, 0.05) is 53.5 Å². The van der Waals surface area contributed by atoms with Gasteiger partial charge in [0.2, 0.25) is 0 Å². The highest BCUT2D eigenvalue weighted by molar-refractivity contribution is 6.08. The van der Waals surface area contributed by atoms with Gasteiger partial charge in [-0.05, 0) is 59.2 Å². The first-order valence-electron chi connectivity index (χ1n) is 11.5. The number of anilines is 1. The molecule has 0 radical (unpaired) electrons. The molecule has 1 fully saturated rings. The summed E-state index contributed by atoms with van der Waals surface area (Å²) in [4.78, 5) is 30.2. The fourth-order valence-corrected chi connectivity index (χ4v) is 4.32. The minimum atomic E-state index is -0.578. The number of fused-ring (bicyclic) bond motifs is 1. The van der Waals surface area contributed by atoms with Gasteiger partial charge in [0.05, 0.1) is 13.2 Å². The summed E-state index contributed by atoms with van der Waals surface area (Å²) < 4.78 is 5.44. The maximum atomic E-state index is 13.2. The number of nitrogens with zero attached hydrogens (tertiary/aromatic N) is 1. The number of morpholine rings is 1. The molecule has 1 aliphatic heterocycles. The van der Waals surface area contributed by atoms with Gasteiger partial charge in [-0.2, -0.15) is 0 Å². The summed E-state index contributed by atoms with van der Waals surface area (Å²) in [7, 11) is 0. The van der Waals surface area contributed by atoms with E-state index in [1.54, 1.807) is 29.7 Å². The third kappa shape index (κ3) is 4.89. The molecule has 4 aromatic rings. The molecule has 0 bridgehead atoms. The topological polar surface area (TPSA) is 107 Å². The molecule has 8 heteroatoms. The highest BCUT2D eigenvalue weighted by Gasteiger charge is 2.15. The monoisotopic (exact) mass is 470 g/mol. The first-order valence-corrected chi connectivity index (χ1v) is 11.5. The Bertz CT molecular complexity index is 1340. The maximum absolute atomic E-state index is 13.2. The van der Waals surface area contributed by atoms with Gasteiger partial charge in [-0.15, -0.1) is 0 Å². The Labute approximate surface area is 202 Å². The molecule has 0 aliphatic carbocycles. The summed E-state index contributed by atoms with van der Waals surface area (Å²) in [6.07, 6.45) is 1.83. The fraction of sp³-hybridized carbons (Fsp3) is 0.185. The van der Waals surface area contributed by atoms with Crippen molar-refractivity contribution in [2.24, 2.45) is 0 Å². The van der Waals surface area contributed by atoms with Crippen molar-refractivity contribution in [2.75, 3.05) is 31.2 Å². The number of nitrogens with one attached hydrogen (secondary N) is 3. The number of carbonyl (C=O) groups excluding carboxylic acids is 2. The molecule has 2 heterocycles. The van der Waals surface area contributed by atoms with Gasteiger partial charge in [0.1, 0.15) is 0 Å². The molecule has 1 aliphatic rings. The molecule has 1 saturated heterocycles. The molecule has 0 spiro atoms. The average molecular weight is 471 g/mol. The molecular weight excluding hydrogens is 444 g/mol. The van der Waals surface area contributed by atoms with E-state index >= 15 is 0 Å². The highest BCUT2D eigenvalue weighted by atomic mass is 16.5. The number of carbonyl (C=O) groups is 2. The van der Waals surface area contributed by atoms with Crippen LogP contribution in [0, 0.1) is 0 Å². The van der Waals surface area contributed by atoms with Crippen molar-refractivity contribution in [1.82, 2.24) is 15.8 Å². The number of benzene rings is 3. The minimum absolute atomic E-state index is 0.182. The zero-order valence-electron chi connectivity index (χ0n) is 19.1. The lowest BCUT2D eigenvalue weighted by atomic mass is 9.99. The molecule has 35 heavy (non-hydrogen) atoms. The summed E-state index contributed by atoms with van der Waals surface area (Å²) in [5.74, 6) is -0.760. The zero-order chi connectivity index (χ0) is 24.2. The van der Waals surface area contributed by atoms with E-state index in [9.17, 15) is 9.59 Å². The van der Waals surface area contributed by atoms with Crippen LogP contribution in [0.2, 0.25) is 0 Å². The second-order valence-corrected chi connectivity index (χ2v) is 8.43. The largest absolute Gasteiger partial charge is 0.378 e. The lowest BCUT2D eigenvalue weighted by Gasteiger charge is -2.28. The number of amides is 2. The number of hydrogen-bond donors (Lipinski definition) is 4. The molecular formula is C27H26N4O4. The Balaban J connectivity index is 1.35. The Morgan fingerprint density at radius 2 is 1.66 bits per heavy atom. The number of rotatable bonds is 6. The van der Waals surface area contributed by atoms with Gasteiger partial charge in [-0.1, -0.05) is 24.3 Å². The van der Waals surface area contributed by atoms with Crippen molar-refractivity contribution in [3.05, 3.63) is 89.6 Å². The van der Waals surface area contributed by atoms with Crippen LogP contribution in [0.1, 0.15) is 26.3 Å². The molecule has 4 N–H and O–H groups in total. The smallest absolute Gasteiger partial charge is 0.274 e. The average Bonchev–Trinajstić information content (AvgIpc) is 3.40. The van der Waals surface area contributed by atoms with Gasteiger partial charge >= 0.3 is 0 Å². The van der Waals surface area contributed by atoms with Crippen molar-refractivity contribution in [3.63, 3.8) is 0 Å². The van der Waals surface area contributed by atoms with Crippen molar-refractivity contribution in [2.45, 2.75) is 6.54 Å². The molecule has 2 amide bonds. The summed E-state index contributed by atoms with van der Waals surface area (Å²) in [5, 5.41) is 12.6. The van der Waals surface area contributed by atoms with E-state index in [1.165, 1.54) is 5.69 Å². The van der Waals surface area contributed by atoms with E-state index in [0.29, 0.717) is 17.7 Å². The first kappa shape index (κ1) is 22.6. The normalized spacial score (nSPS) is 13.6. The first-order chi connectivity index (χ1) is 17.1. The number of hydrogen-bond acceptors (Lipinski definition) is 5. The minimum Gasteiger partial charge on any atom is -0.378 e. The predicted octanol–water partition coefficient (Wildman–Crippen LogP) is 3.72. The molecule has 8 nitrogen and oxygen atoms in total. The Hall–Kier alpha value is -4.14. The van der Waals surface area contributed by atoms with E-state index in [4.69, 9.17) is 9.94 Å². The Morgan fingerprint density at radius 3 is 2.37 bits per heavy atom. The second-order valence-electron chi connectivity index (χ2n) is 8.43. The van der Waals surface area contributed by atoms with Crippen LogP contribution >= 0.6 is 0 Å². The van der Waals surface area contributed by atoms with Crippen LogP contribution in [0.15, 0.2) is 72.9 Å². The zero-order valence-corrected chi connectivity index (χ0v) is 19.1. The van der Waals surface area contributed by atoms with Crippen LogP contribution in [0.3, 0.4) is 0 Å². The summed E-state index contributed by atoms with van der Waals surface area (Å²) in [6.45, 7) is 3.56. The van der Waals surface area contributed by atoms with Gasteiger partial charge in [0.15, 0.2) is 0 Å². The second kappa shape index (κ2) is 10.0. The quantitative estimate of drug-likeness (QED) is 0.254. The highest BCUT2D eigenvalue weighted by Crippen LogP contribution is 2.29. The summed E-state index contributed by atoms with van der Waals surface area (Å²) in [5.41, 5.74) is 7.42. The van der Waals surface area contributed by atoms with E-state index < -0.39 is 5.91 Å². The third-order valence-corrected chi connectivity index (χ3v) is 6.26. The lowest BCUT2D eigenvalue weighted by molar-refractivity contribution is 0.0706. The molecule has 0 atom stereocenters. The number of ether oxygens (including phenoxy) is 1. The van der Waals surface area contributed by atoms with Gasteiger partial charge in [-0.3, -0.25) is 14.8 Å². The van der Waals surface area contributed by atoms with Gasteiger partial charge in [-0.25, -0.2) is 5.48 Å². The number of aromatic amines is 1. The van der Waals surface area contributed by atoms with Crippen LogP contribution in [-0.4, -0.2) is 48.3 Å². The Morgan fingerprint density at radius 1 is 0.914 bits per heavy atom. The van der Waals surface area contributed by atoms with Gasteiger partial charge in [0.25, 0.3) is 11.8 Å². The van der Waals surface area contributed by atoms with E-state index in [0.717, 1.165) is 53.9 Å². The molecule has 5 rings (SSSR count). The summed E-state index contributed by atoms with van der Waals surface area (Å²) >= 11 is 0. The van der Waals surface area contributed by atoms with Gasteiger partial charge < -0.3 is 19.9 Å². The van der Waals surface area contributed by atoms with Crippen molar-refractivity contribution in [1.29, 1.82) is 0 Å². The van der Waals surface area contributed by atoms with Crippen LogP contribution < -0.4 is 15.7 Å². The van der Waals surface area contributed by atoms with Crippen LogP contribution in [0.5, 0.6) is 0 Å². The maximum Gasteiger partial charge on any atom is 0.274 e. The molecule has 178 valence electrons. The summed E-state index contributed by atoms with van der Waals surface area (Å²) in [6, 6.07) is 20.9. The standard InChI is InChI=1S/C27H26N4O4/c32-26(30-34)20-3-1-18(2-4-20)17-29-27(33)24-15-21(16-25-23(24)9-10-28-25)19-5-7-22(8-6-19)31-11-13-35-14-12-31/h1-10,15-16,28,34H,11-14,17H2,(H,29,33)(H,30,32). The lowest BCUT2D eigenvalue weighted by Crippen LogP contribution is -2.36. The SMILES string of the molecule is O=C(NO)c1ccc(CNC(=O)c2cc(-c3ccc(N4CCOCC4)cc3)cc3[nH]ccc23)cc1. The molecule has 0 unspecified atom stereocenters. The van der Waals surface area contributed by atoms with E-state index in [1.807, 2.05) is 18.3 Å². The Kier molecular flexibility index (Phi) is 6.47. The predicted molar refractivity (Wildman–Crippen MR) is 134 cm³/mol.